The molecule has 0 aliphatic rings. The van der Waals surface area contributed by atoms with Crippen LogP contribution >= 0.6 is 24.2 Å². The van der Waals surface area contributed by atoms with Crippen LogP contribution < -0.4 is 11.1 Å². The number of nitrogen functional groups attached to an aromatic ring is 1. The van der Waals surface area contributed by atoms with E-state index in [1.165, 1.54) is 0 Å². The number of nitrogens with one attached hydrogen (secondary N) is 1. The Hall–Kier alpha value is -3.28. The van der Waals surface area contributed by atoms with Gasteiger partial charge in [-0.1, -0.05) is 54.1 Å². The molecular formula is C25H20ClN3OS. The van der Waals surface area contributed by atoms with E-state index in [2.05, 4.69) is 5.32 Å². The average Bonchev–Trinajstić information content (AvgIpc) is 2.81. The summed E-state index contributed by atoms with van der Waals surface area (Å²) in [6.45, 7) is 0. The fourth-order valence-electron chi connectivity index (χ4n) is 3.18. The van der Waals surface area contributed by atoms with E-state index >= 15 is 0 Å². The van der Waals surface area contributed by atoms with E-state index in [0.29, 0.717) is 22.0 Å². The van der Waals surface area contributed by atoms with Gasteiger partial charge in [-0.25, -0.2) is 0 Å². The van der Waals surface area contributed by atoms with Crippen molar-refractivity contribution in [2.45, 2.75) is 5.25 Å². The van der Waals surface area contributed by atoms with Crippen LogP contribution in [0.2, 0.25) is 5.02 Å². The van der Waals surface area contributed by atoms with E-state index in [9.17, 15) is 4.79 Å². The molecule has 0 radical (unpaired) electrons. The predicted molar refractivity (Wildman–Crippen MR) is 131 cm³/mol. The largest absolute Gasteiger partial charge is 0.397 e. The van der Waals surface area contributed by atoms with Crippen LogP contribution in [0.15, 0.2) is 91.0 Å². The third-order valence-electron chi connectivity index (χ3n) is 4.89. The third kappa shape index (κ3) is 4.90. The Bertz CT molecular complexity index is 1210. The zero-order chi connectivity index (χ0) is 21.8. The van der Waals surface area contributed by atoms with Gasteiger partial charge in [0.15, 0.2) is 0 Å². The zero-order valence-electron chi connectivity index (χ0n) is 16.5. The van der Waals surface area contributed by atoms with Crippen molar-refractivity contribution in [3.8, 4) is 11.3 Å². The van der Waals surface area contributed by atoms with Gasteiger partial charge >= 0.3 is 0 Å². The summed E-state index contributed by atoms with van der Waals surface area (Å²) in [7, 11) is 0. The number of thiol groups is 1. The topological polar surface area (TPSA) is 68.0 Å². The van der Waals surface area contributed by atoms with E-state index in [1.807, 2.05) is 66.7 Å². The number of halogens is 1. The monoisotopic (exact) mass is 445 g/mol. The van der Waals surface area contributed by atoms with Gasteiger partial charge in [0.2, 0.25) is 0 Å². The molecule has 0 aliphatic heterocycles. The fraction of sp³-hybridized carbons (Fsp3) is 0.0400. The molecule has 3 aromatic carbocycles. The van der Waals surface area contributed by atoms with Gasteiger partial charge in [-0.05, 0) is 54.1 Å². The molecule has 154 valence electrons. The van der Waals surface area contributed by atoms with E-state index in [-0.39, 0.29) is 11.2 Å². The van der Waals surface area contributed by atoms with Gasteiger partial charge in [0.05, 0.1) is 28.0 Å². The second kappa shape index (κ2) is 9.25. The lowest BCUT2D eigenvalue weighted by Crippen LogP contribution is -2.13. The zero-order valence-corrected chi connectivity index (χ0v) is 18.1. The minimum Gasteiger partial charge on any atom is -0.397 e. The number of nitrogens with zero attached hydrogens (tertiary/aromatic N) is 1. The molecule has 0 spiro atoms. The molecule has 0 fully saturated rings. The highest BCUT2D eigenvalue weighted by Crippen LogP contribution is 2.29. The molecule has 6 heteroatoms. The molecule has 0 bridgehead atoms. The summed E-state index contributed by atoms with van der Waals surface area (Å²) in [6, 6.07) is 27.9. The van der Waals surface area contributed by atoms with Crippen LogP contribution in [0, 0.1) is 0 Å². The molecule has 4 nitrogen and oxygen atoms in total. The quantitative estimate of drug-likeness (QED) is 0.251. The number of carbonyl (C=O) groups excluding carboxylic acids is 1. The van der Waals surface area contributed by atoms with Gasteiger partial charge in [0.25, 0.3) is 5.91 Å². The van der Waals surface area contributed by atoms with Crippen molar-refractivity contribution in [3.05, 3.63) is 113 Å². The van der Waals surface area contributed by atoms with Crippen LogP contribution in [0.3, 0.4) is 0 Å². The highest BCUT2D eigenvalue weighted by atomic mass is 35.5. The number of rotatable bonds is 5. The first-order chi connectivity index (χ1) is 15.0. The SMILES string of the molecule is Nc1ccccc1NC(=O)c1ccc(C(S)c2cccc(-c3ccc(Cl)cc3)n2)cc1. The summed E-state index contributed by atoms with van der Waals surface area (Å²) in [5.74, 6) is -0.219. The first kappa shape index (κ1) is 21.0. The molecule has 1 amide bonds. The maximum absolute atomic E-state index is 12.5. The van der Waals surface area contributed by atoms with Crippen molar-refractivity contribution < 1.29 is 4.79 Å². The number of hydrogen-bond donors (Lipinski definition) is 3. The summed E-state index contributed by atoms with van der Waals surface area (Å²) >= 11 is 10.7. The van der Waals surface area contributed by atoms with Crippen LogP contribution in [-0.4, -0.2) is 10.9 Å². The maximum atomic E-state index is 12.5. The number of anilines is 2. The first-order valence-corrected chi connectivity index (χ1v) is 10.6. The maximum Gasteiger partial charge on any atom is 0.255 e. The number of aromatic nitrogens is 1. The molecule has 1 atom stereocenters. The Labute approximate surface area is 191 Å². The Morgan fingerprint density at radius 2 is 1.61 bits per heavy atom. The number of pyridine rings is 1. The van der Waals surface area contributed by atoms with Gasteiger partial charge in [-0.15, -0.1) is 0 Å². The van der Waals surface area contributed by atoms with E-state index < -0.39 is 0 Å². The molecule has 0 saturated heterocycles. The number of hydrogen-bond acceptors (Lipinski definition) is 4. The van der Waals surface area contributed by atoms with Crippen LogP contribution in [-0.2, 0) is 0 Å². The number of benzene rings is 3. The molecule has 4 rings (SSSR count). The van der Waals surface area contributed by atoms with Crippen molar-refractivity contribution in [1.82, 2.24) is 4.98 Å². The molecule has 4 aromatic rings. The molecule has 1 aromatic heterocycles. The highest BCUT2D eigenvalue weighted by Gasteiger charge is 2.14. The minimum atomic E-state index is -0.228. The van der Waals surface area contributed by atoms with Gasteiger partial charge < -0.3 is 11.1 Å². The highest BCUT2D eigenvalue weighted by molar-refractivity contribution is 7.80. The molecule has 31 heavy (non-hydrogen) atoms. The number of nitrogens with two attached hydrogens (primary N) is 1. The third-order valence-corrected chi connectivity index (χ3v) is 5.70. The van der Waals surface area contributed by atoms with Crippen molar-refractivity contribution in [1.29, 1.82) is 0 Å². The molecule has 3 N–H and O–H groups in total. The van der Waals surface area contributed by atoms with Crippen LogP contribution in [0.1, 0.15) is 26.9 Å². The smallest absolute Gasteiger partial charge is 0.255 e. The molecule has 1 unspecified atom stereocenters. The van der Waals surface area contributed by atoms with Crippen molar-refractivity contribution >= 4 is 41.5 Å². The number of carbonyl (C=O) groups is 1. The molecule has 0 saturated carbocycles. The standard InChI is InChI=1S/C25H20ClN3OS/c26-19-14-12-16(13-15-19)21-6-3-7-23(28-21)24(31)17-8-10-18(11-9-17)25(30)29-22-5-2-1-4-20(22)27/h1-15,24,31H,27H2,(H,29,30). The van der Waals surface area contributed by atoms with Crippen LogP contribution in [0.25, 0.3) is 11.3 Å². The van der Waals surface area contributed by atoms with Gasteiger partial charge in [-0.2, -0.15) is 12.6 Å². The van der Waals surface area contributed by atoms with E-state index in [1.54, 1.807) is 24.3 Å². The Morgan fingerprint density at radius 1 is 0.903 bits per heavy atom. The summed E-state index contributed by atoms with van der Waals surface area (Å²) in [5, 5.41) is 3.29. The van der Waals surface area contributed by atoms with E-state index in [0.717, 1.165) is 22.5 Å². The summed E-state index contributed by atoms with van der Waals surface area (Å²) in [6.07, 6.45) is 0. The lowest BCUT2D eigenvalue weighted by atomic mass is 10.0. The van der Waals surface area contributed by atoms with Gasteiger partial charge in [0.1, 0.15) is 0 Å². The first-order valence-electron chi connectivity index (χ1n) is 9.68. The summed E-state index contributed by atoms with van der Waals surface area (Å²) in [4.78, 5) is 17.3. The average molecular weight is 446 g/mol. The lowest BCUT2D eigenvalue weighted by Gasteiger charge is -2.13. The van der Waals surface area contributed by atoms with E-state index in [4.69, 9.17) is 34.9 Å². The molecule has 1 heterocycles. The van der Waals surface area contributed by atoms with Crippen LogP contribution in [0.4, 0.5) is 11.4 Å². The summed E-state index contributed by atoms with van der Waals surface area (Å²) < 4.78 is 0. The Kier molecular flexibility index (Phi) is 6.26. The van der Waals surface area contributed by atoms with Gasteiger partial charge in [-0.3, -0.25) is 9.78 Å². The second-order valence-electron chi connectivity index (χ2n) is 7.02. The fourth-order valence-corrected chi connectivity index (χ4v) is 3.62. The van der Waals surface area contributed by atoms with Crippen molar-refractivity contribution in [3.63, 3.8) is 0 Å². The van der Waals surface area contributed by atoms with Crippen molar-refractivity contribution in [2.24, 2.45) is 0 Å². The molecular weight excluding hydrogens is 426 g/mol. The summed E-state index contributed by atoms with van der Waals surface area (Å²) in [5.41, 5.74) is 11.2. The molecule has 0 aliphatic carbocycles. The number of amides is 1. The normalized spacial score (nSPS) is 11.7. The Morgan fingerprint density at radius 3 is 2.32 bits per heavy atom. The Balaban J connectivity index is 1.51. The lowest BCUT2D eigenvalue weighted by molar-refractivity contribution is 0.102. The minimum absolute atomic E-state index is 0.219. The number of para-hydroxylation sites is 2. The van der Waals surface area contributed by atoms with Crippen LogP contribution in [0.5, 0.6) is 0 Å². The second-order valence-corrected chi connectivity index (χ2v) is 7.97. The van der Waals surface area contributed by atoms with Crippen molar-refractivity contribution in [2.75, 3.05) is 11.1 Å². The van der Waals surface area contributed by atoms with Gasteiger partial charge in [0, 0.05) is 16.1 Å². The predicted octanol–water partition coefficient (Wildman–Crippen LogP) is 6.26.